The average Bonchev–Trinajstić information content (AvgIpc) is 2.90. The Kier molecular flexibility index (Phi) is 8.09. The molecule has 200 valence electrons. The molecule has 1 fully saturated rings. The predicted octanol–water partition coefficient (Wildman–Crippen LogP) is 1.71. The number of hydrogen-bond donors (Lipinski definition) is 1. The molecule has 1 atom stereocenters. The lowest BCUT2D eigenvalue weighted by atomic mass is 10.0. The van der Waals surface area contributed by atoms with Crippen LogP contribution in [0, 0.1) is 6.92 Å². The highest BCUT2D eigenvalue weighted by Gasteiger charge is 2.22. The lowest BCUT2D eigenvalue weighted by Crippen LogP contribution is -2.48. The van der Waals surface area contributed by atoms with Crippen molar-refractivity contribution in [1.82, 2.24) is 24.7 Å². The van der Waals surface area contributed by atoms with Gasteiger partial charge in [0, 0.05) is 52.9 Å². The second-order valence-electron chi connectivity index (χ2n) is 9.90. The molecule has 0 saturated carbocycles. The summed E-state index contributed by atoms with van der Waals surface area (Å²) in [6, 6.07) is 12.6. The molecule has 3 aromatic rings. The van der Waals surface area contributed by atoms with E-state index in [1.165, 1.54) is 15.8 Å². The predicted molar refractivity (Wildman–Crippen MR) is 146 cm³/mol. The number of aromatic nitrogens is 2. The van der Waals surface area contributed by atoms with Gasteiger partial charge in [-0.2, -0.15) is 0 Å². The van der Waals surface area contributed by atoms with Crippen LogP contribution in [0.1, 0.15) is 30.5 Å². The first-order chi connectivity index (χ1) is 18.1. The molecule has 1 unspecified atom stereocenters. The number of carbonyl (C=O) groups excluding carboxylic acids is 3. The molecule has 1 saturated heterocycles. The van der Waals surface area contributed by atoms with Crippen LogP contribution in [0.15, 0.2) is 53.6 Å². The maximum Gasteiger partial charge on any atom is 0.261 e. The molecule has 2 heterocycles. The topological polar surface area (TPSA) is 108 Å². The Morgan fingerprint density at radius 1 is 1.03 bits per heavy atom. The van der Waals surface area contributed by atoms with E-state index in [1.54, 1.807) is 38.1 Å². The van der Waals surface area contributed by atoms with Gasteiger partial charge in [0.05, 0.1) is 29.7 Å². The number of nitrogens with zero attached hydrogens (tertiary/aromatic N) is 5. The summed E-state index contributed by atoms with van der Waals surface area (Å²) in [7, 11) is 3.35. The smallest absolute Gasteiger partial charge is 0.261 e. The number of nitrogens with one attached hydrogen (secondary N) is 1. The standard InChI is InChI=1S/C28H34N6O4/c1-19-5-7-21(8-6-19)25(16-27(37)31(3)4)30-26(36)17-34-18-29-24-10-9-22(15-23(24)28(34)38)33-13-11-32(12-14-33)20(2)35/h5-10,15,18,25H,11-14,16-17H2,1-4H3,(H,30,36). The third kappa shape index (κ3) is 6.19. The van der Waals surface area contributed by atoms with E-state index < -0.39 is 6.04 Å². The van der Waals surface area contributed by atoms with Gasteiger partial charge in [0.25, 0.3) is 5.56 Å². The van der Waals surface area contributed by atoms with Crippen molar-refractivity contribution in [3.8, 4) is 0 Å². The Hall–Kier alpha value is -4.21. The van der Waals surface area contributed by atoms with Crippen molar-refractivity contribution < 1.29 is 14.4 Å². The van der Waals surface area contributed by atoms with E-state index in [1.807, 2.05) is 37.3 Å². The van der Waals surface area contributed by atoms with Crippen LogP contribution in [0.2, 0.25) is 0 Å². The summed E-state index contributed by atoms with van der Waals surface area (Å²) in [4.78, 5) is 60.2. The Balaban J connectivity index is 1.52. The summed E-state index contributed by atoms with van der Waals surface area (Å²) in [6.07, 6.45) is 1.48. The molecule has 1 aliphatic heterocycles. The zero-order valence-electron chi connectivity index (χ0n) is 22.3. The minimum Gasteiger partial charge on any atom is -0.368 e. The van der Waals surface area contributed by atoms with Crippen molar-refractivity contribution >= 4 is 34.3 Å². The summed E-state index contributed by atoms with van der Waals surface area (Å²) < 4.78 is 1.29. The highest BCUT2D eigenvalue weighted by Crippen LogP contribution is 2.21. The van der Waals surface area contributed by atoms with Gasteiger partial charge in [0.15, 0.2) is 0 Å². The molecule has 38 heavy (non-hydrogen) atoms. The van der Waals surface area contributed by atoms with Crippen molar-refractivity contribution in [2.75, 3.05) is 45.2 Å². The van der Waals surface area contributed by atoms with Crippen LogP contribution in [0.25, 0.3) is 10.9 Å². The minimum atomic E-state index is -0.526. The first kappa shape index (κ1) is 26.8. The number of hydrogen-bond acceptors (Lipinski definition) is 6. The van der Waals surface area contributed by atoms with Gasteiger partial charge in [-0.05, 0) is 30.7 Å². The van der Waals surface area contributed by atoms with E-state index in [2.05, 4.69) is 15.2 Å². The summed E-state index contributed by atoms with van der Waals surface area (Å²) in [5, 5.41) is 3.35. The number of benzene rings is 2. The van der Waals surface area contributed by atoms with Crippen LogP contribution in [0.4, 0.5) is 5.69 Å². The summed E-state index contributed by atoms with van der Waals surface area (Å²) in [5.41, 5.74) is 3.00. The number of aryl methyl sites for hydroxylation is 1. The van der Waals surface area contributed by atoms with Crippen molar-refractivity contribution in [3.63, 3.8) is 0 Å². The molecule has 3 amide bonds. The van der Waals surface area contributed by atoms with Crippen molar-refractivity contribution in [1.29, 1.82) is 0 Å². The second-order valence-corrected chi connectivity index (χ2v) is 9.90. The number of carbonyl (C=O) groups is 3. The molecule has 10 nitrogen and oxygen atoms in total. The van der Waals surface area contributed by atoms with Crippen LogP contribution < -0.4 is 15.8 Å². The molecule has 1 aromatic heterocycles. The quantitative estimate of drug-likeness (QED) is 0.510. The molecule has 0 radical (unpaired) electrons. The van der Waals surface area contributed by atoms with Gasteiger partial charge in [0.1, 0.15) is 6.54 Å². The van der Waals surface area contributed by atoms with E-state index in [0.29, 0.717) is 37.1 Å². The van der Waals surface area contributed by atoms with Gasteiger partial charge < -0.3 is 20.0 Å². The van der Waals surface area contributed by atoms with Crippen LogP contribution >= 0.6 is 0 Å². The molecule has 4 rings (SSSR count). The van der Waals surface area contributed by atoms with Gasteiger partial charge in [-0.25, -0.2) is 4.98 Å². The molecular weight excluding hydrogens is 484 g/mol. The monoisotopic (exact) mass is 518 g/mol. The highest BCUT2D eigenvalue weighted by molar-refractivity contribution is 5.83. The molecule has 0 spiro atoms. The van der Waals surface area contributed by atoms with E-state index >= 15 is 0 Å². The van der Waals surface area contributed by atoms with Crippen LogP contribution in [0.5, 0.6) is 0 Å². The van der Waals surface area contributed by atoms with Gasteiger partial charge >= 0.3 is 0 Å². The molecule has 1 aliphatic rings. The van der Waals surface area contributed by atoms with Gasteiger partial charge in [0.2, 0.25) is 17.7 Å². The number of amides is 3. The van der Waals surface area contributed by atoms with Crippen molar-refractivity contribution in [2.45, 2.75) is 32.9 Å². The molecule has 1 N–H and O–H groups in total. The minimum absolute atomic E-state index is 0.0595. The van der Waals surface area contributed by atoms with Crippen LogP contribution in [0.3, 0.4) is 0 Å². The van der Waals surface area contributed by atoms with E-state index in [4.69, 9.17) is 0 Å². The third-order valence-electron chi connectivity index (χ3n) is 6.90. The first-order valence-corrected chi connectivity index (χ1v) is 12.7. The lowest BCUT2D eigenvalue weighted by Gasteiger charge is -2.35. The summed E-state index contributed by atoms with van der Waals surface area (Å²) in [6.45, 7) is 5.93. The maximum absolute atomic E-state index is 13.3. The molecular formula is C28H34N6O4. The van der Waals surface area contributed by atoms with Gasteiger partial charge in [-0.1, -0.05) is 29.8 Å². The largest absolute Gasteiger partial charge is 0.368 e. The van der Waals surface area contributed by atoms with Gasteiger partial charge in [-0.3, -0.25) is 23.7 Å². The Morgan fingerprint density at radius 2 is 1.71 bits per heavy atom. The van der Waals surface area contributed by atoms with Crippen molar-refractivity contribution in [3.05, 3.63) is 70.3 Å². The van der Waals surface area contributed by atoms with Crippen LogP contribution in [-0.4, -0.2) is 77.3 Å². The number of anilines is 1. The number of fused-ring (bicyclic) bond motifs is 1. The molecule has 0 aliphatic carbocycles. The number of piperazine rings is 1. The molecule has 10 heteroatoms. The van der Waals surface area contributed by atoms with Crippen molar-refractivity contribution in [2.24, 2.45) is 0 Å². The average molecular weight is 519 g/mol. The Morgan fingerprint density at radius 3 is 2.34 bits per heavy atom. The summed E-state index contributed by atoms with van der Waals surface area (Å²) in [5.74, 6) is -0.441. The fourth-order valence-corrected chi connectivity index (χ4v) is 4.54. The normalized spacial score (nSPS) is 14.3. The van der Waals surface area contributed by atoms with Gasteiger partial charge in [-0.15, -0.1) is 0 Å². The first-order valence-electron chi connectivity index (χ1n) is 12.7. The zero-order chi connectivity index (χ0) is 27.4. The Labute approximate surface area is 221 Å². The van der Waals surface area contributed by atoms with E-state index in [0.717, 1.165) is 16.8 Å². The number of rotatable bonds is 7. The molecule has 2 aromatic carbocycles. The maximum atomic E-state index is 13.3. The fourth-order valence-electron chi connectivity index (χ4n) is 4.54. The fraction of sp³-hybridized carbons (Fsp3) is 0.393. The zero-order valence-corrected chi connectivity index (χ0v) is 22.3. The van der Waals surface area contributed by atoms with Crippen LogP contribution in [-0.2, 0) is 20.9 Å². The highest BCUT2D eigenvalue weighted by atomic mass is 16.2. The second kappa shape index (κ2) is 11.5. The third-order valence-corrected chi connectivity index (χ3v) is 6.90. The SMILES string of the molecule is CC(=O)N1CCN(c2ccc3ncn(CC(=O)NC(CC(=O)N(C)C)c4ccc(C)cc4)c(=O)c3c2)CC1. The lowest BCUT2D eigenvalue weighted by molar-refractivity contribution is -0.130. The Bertz CT molecular complexity index is 1390. The van der Waals surface area contributed by atoms with E-state index in [9.17, 15) is 19.2 Å². The van der Waals surface area contributed by atoms with E-state index in [-0.39, 0.29) is 36.2 Å². The molecule has 0 bridgehead atoms. The summed E-state index contributed by atoms with van der Waals surface area (Å²) >= 11 is 0.